The molecule has 1 aromatic carbocycles. The van der Waals surface area contributed by atoms with Gasteiger partial charge in [-0.2, -0.15) is 0 Å². The lowest BCUT2D eigenvalue weighted by atomic mass is 10.1. The molecule has 2 heterocycles. The van der Waals surface area contributed by atoms with Gasteiger partial charge < -0.3 is 4.42 Å². The van der Waals surface area contributed by atoms with Crippen molar-refractivity contribution in [2.24, 2.45) is 0 Å². The molecule has 0 atom stereocenters. The molecule has 3 heteroatoms. The second kappa shape index (κ2) is 3.87. The minimum Gasteiger partial charge on any atom is -0.423 e. The van der Waals surface area contributed by atoms with Gasteiger partial charge in [-0.3, -0.25) is 4.98 Å². The average Bonchev–Trinajstić information content (AvgIpc) is 2.39. The smallest absolute Gasteiger partial charge is 0.336 e. The Bertz CT molecular complexity index is 717. The first-order valence-electron chi connectivity index (χ1n) is 5.29. The molecule has 0 spiro atoms. The predicted molar refractivity (Wildman–Crippen MR) is 65.7 cm³/mol. The Morgan fingerprint density at radius 1 is 0.941 bits per heavy atom. The van der Waals surface area contributed by atoms with Gasteiger partial charge in [0.2, 0.25) is 0 Å². The largest absolute Gasteiger partial charge is 0.423 e. The van der Waals surface area contributed by atoms with Gasteiger partial charge in [0.05, 0.1) is 5.69 Å². The molecule has 3 aromatic rings. The van der Waals surface area contributed by atoms with Crippen LogP contribution < -0.4 is 5.63 Å². The molecule has 0 saturated carbocycles. The summed E-state index contributed by atoms with van der Waals surface area (Å²) >= 11 is 0. The highest BCUT2D eigenvalue weighted by Gasteiger charge is 2.05. The lowest BCUT2D eigenvalue weighted by Gasteiger charge is -2.03. The van der Waals surface area contributed by atoms with Crippen LogP contribution in [0.4, 0.5) is 0 Å². The maximum absolute atomic E-state index is 11.1. The number of nitrogens with zero attached hydrogens (tertiary/aromatic N) is 1. The molecule has 0 aliphatic rings. The van der Waals surface area contributed by atoms with E-state index >= 15 is 0 Å². The lowest BCUT2D eigenvalue weighted by Crippen LogP contribution is -1.95. The summed E-state index contributed by atoms with van der Waals surface area (Å²) < 4.78 is 5.14. The van der Waals surface area contributed by atoms with Gasteiger partial charge in [0.15, 0.2) is 0 Å². The highest BCUT2D eigenvalue weighted by Crippen LogP contribution is 2.25. The third-order valence-corrected chi connectivity index (χ3v) is 2.60. The summed E-state index contributed by atoms with van der Waals surface area (Å²) in [4.78, 5) is 15.5. The molecule has 3 nitrogen and oxygen atoms in total. The number of hydrogen-bond donors (Lipinski definition) is 0. The van der Waals surface area contributed by atoms with Crippen molar-refractivity contribution in [3.05, 3.63) is 65.1 Å². The zero-order chi connectivity index (χ0) is 11.7. The number of fused-ring (bicyclic) bond motifs is 1. The van der Waals surface area contributed by atoms with Gasteiger partial charge in [0.1, 0.15) is 5.58 Å². The molecular weight excluding hydrogens is 214 g/mol. The summed E-state index contributed by atoms with van der Waals surface area (Å²) in [7, 11) is 0. The number of rotatable bonds is 1. The summed E-state index contributed by atoms with van der Waals surface area (Å²) in [5.41, 5.74) is 2.08. The molecule has 3 rings (SSSR count). The molecule has 0 N–H and O–H groups in total. The third-order valence-electron chi connectivity index (χ3n) is 2.60. The van der Waals surface area contributed by atoms with Crippen molar-refractivity contribution in [1.29, 1.82) is 0 Å². The van der Waals surface area contributed by atoms with E-state index in [1.54, 1.807) is 18.3 Å². The monoisotopic (exact) mass is 223 g/mol. The van der Waals surface area contributed by atoms with E-state index in [1.807, 2.05) is 30.3 Å². The number of pyridine rings is 1. The van der Waals surface area contributed by atoms with Crippen LogP contribution in [0.5, 0.6) is 0 Å². The molecule has 0 saturated heterocycles. The van der Waals surface area contributed by atoms with Crippen molar-refractivity contribution in [3.8, 4) is 11.3 Å². The summed E-state index contributed by atoms with van der Waals surface area (Å²) in [5.74, 6) is 0. The quantitative estimate of drug-likeness (QED) is 0.596. The Balaban J connectivity index is 2.34. The summed E-state index contributed by atoms with van der Waals surface area (Å²) in [6.45, 7) is 0. The maximum Gasteiger partial charge on any atom is 0.336 e. The first-order chi connectivity index (χ1) is 8.34. The van der Waals surface area contributed by atoms with Crippen molar-refractivity contribution < 1.29 is 4.42 Å². The fourth-order valence-electron chi connectivity index (χ4n) is 1.84. The van der Waals surface area contributed by atoms with E-state index in [0.29, 0.717) is 5.58 Å². The molecule has 0 radical (unpaired) electrons. The molecule has 0 unspecified atom stereocenters. The van der Waals surface area contributed by atoms with Gasteiger partial charge in [0.25, 0.3) is 0 Å². The number of aromatic nitrogens is 1. The van der Waals surface area contributed by atoms with E-state index in [0.717, 1.165) is 16.6 Å². The van der Waals surface area contributed by atoms with Gasteiger partial charge in [-0.15, -0.1) is 0 Å². The van der Waals surface area contributed by atoms with Crippen LogP contribution in [0, 0.1) is 0 Å². The Hall–Kier alpha value is -2.42. The fourth-order valence-corrected chi connectivity index (χ4v) is 1.84. The van der Waals surface area contributed by atoms with E-state index < -0.39 is 0 Å². The van der Waals surface area contributed by atoms with Crippen molar-refractivity contribution in [1.82, 2.24) is 4.98 Å². The molecule has 17 heavy (non-hydrogen) atoms. The third kappa shape index (κ3) is 1.72. The first-order valence-corrected chi connectivity index (χ1v) is 5.29. The van der Waals surface area contributed by atoms with Gasteiger partial charge in [-0.05, 0) is 24.3 Å². The molecule has 0 fully saturated rings. The average molecular weight is 223 g/mol. The fraction of sp³-hybridized carbons (Fsp3) is 0. The normalized spacial score (nSPS) is 10.6. The first kappa shape index (κ1) is 9.78. The SMILES string of the molecule is O=c1ccc2c(-c3ccccn3)cccc2o1. The van der Waals surface area contributed by atoms with E-state index in [1.165, 1.54) is 6.07 Å². The van der Waals surface area contributed by atoms with Crippen LogP contribution in [-0.2, 0) is 0 Å². The standard InChI is InChI=1S/C14H9NO2/c16-14-8-7-11-10(4-3-6-13(11)17-14)12-5-1-2-9-15-12/h1-9H. The van der Waals surface area contributed by atoms with Gasteiger partial charge in [-0.25, -0.2) is 4.79 Å². The Morgan fingerprint density at radius 2 is 1.88 bits per heavy atom. The minimum absolute atomic E-state index is 0.337. The highest BCUT2D eigenvalue weighted by atomic mass is 16.4. The topological polar surface area (TPSA) is 43.1 Å². The van der Waals surface area contributed by atoms with Crippen LogP contribution in [0.1, 0.15) is 0 Å². The summed E-state index contributed by atoms with van der Waals surface area (Å²) in [5, 5.41) is 0.894. The zero-order valence-electron chi connectivity index (χ0n) is 8.96. The Morgan fingerprint density at radius 3 is 2.71 bits per heavy atom. The van der Waals surface area contributed by atoms with Gasteiger partial charge in [0, 0.05) is 23.2 Å². The molecule has 0 amide bonds. The van der Waals surface area contributed by atoms with Crippen LogP contribution >= 0.6 is 0 Å². The molecule has 2 aromatic heterocycles. The van der Waals surface area contributed by atoms with Gasteiger partial charge in [-0.1, -0.05) is 18.2 Å². The highest BCUT2D eigenvalue weighted by molar-refractivity contribution is 5.92. The second-order valence-electron chi connectivity index (χ2n) is 3.69. The molecule has 0 aliphatic heterocycles. The molecule has 0 aliphatic carbocycles. The van der Waals surface area contributed by atoms with Crippen molar-refractivity contribution in [2.75, 3.05) is 0 Å². The molecule has 82 valence electrons. The summed E-state index contributed by atoms with van der Waals surface area (Å²) in [6, 6.07) is 14.5. The second-order valence-corrected chi connectivity index (χ2v) is 3.69. The minimum atomic E-state index is -0.337. The molecular formula is C14H9NO2. The predicted octanol–water partition coefficient (Wildman–Crippen LogP) is 2.86. The van der Waals surface area contributed by atoms with Crippen molar-refractivity contribution in [3.63, 3.8) is 0 Å². The molecule has 0 bridgehead atoms. The summed E-state index contributed by atoms with van der Waals surface area (Å²) in [6.07, 6.45) is 1.74. The van der Waals surface area contributed by atoms with Crippen LogP contribution in [0.3, 0.4) is 0 Å². The Kier molecular flexibility index (Phi) is 2.22. The van der Waals surface area contributed by atoms with E-state index in [2.05, 4.69) is 4.98 Å². The Labute approximate surface area is 97.4 Å². The van der Waals surface area contributed by atoms with Crippen LogP contribution in [0.15, 0.2) is 63.9 Å². The van der Waals surface area contributed by atoms with Crippen molar-refractivity contribution >= 4 is 11.0 Å². The van der Waals surface area contributed by atoms with Gasteiger partial charge >= 0.3 is 5.63 Å². The van der Waals surface area contributed by atoms with E-state index in [9.17, 15) is 4.79 Å². The van der Waals surface area contributed by atoms with Crippen LogP contribution in [0.2, 0.25) is 0 Å². The maximum atomic E-state index is 11.1. The van der Waals surface area contributed by atoms with Crippen molar-refractivity contribution in [2.45, 2.75) is 0 Å². The zero-order valence-corrected chi connectivity index (χ0v) is 8.96. The number of benzene rings is 1. The number of hydrogen-bond acceptors (Lipinski definition) is 3. The van der Waals surface area contributed by atoms with E-state index in [4.69, 9.17) is 4.42 Å². The lowest BCUT2D eigenvalue weighted by molar-refractivity contribution is 0.561. The van der Waals surface area contributed by atoms with Crippen LogP contribution in [-0.4, -0.2) is 4.98 Å². The van der Waals surface area contributed by atoms with Crippen LogP contribution in [0.25, 0.3) is 22.2 Å². The van der Waals surface area contributed by atoms with E-state index in [-0.39, 0.29) is 5.63 Å².